The molecular weight excluding hydrogens is 412 g/mol. The number of esters is 1. The van der Waals surface area contributed by atoms with Crippen molar-refractivity contribution in [2.45, 2.75) is 0 Å². The van der Waals surface area contributed by atoms with Gasteiger partial charge in [-0.05, 0) is 24.3 Å². The molecule has 0 radical (unpaired) electrons. The zero-order valence-electron chi connectivity index (χ0n) is 16.4. The van der Waals surface area contributed by atoms with Gasteiger partial charge < -0.3 is 14.8 Å². The van der Waals surface area contributed by atoms with Crippen LogP contribution in [0.5, 0.6) is 11.5 Å². The van der Waals surface area contributed by atoms with Gasteiger partial charge in [-0.25, -0.2) is 9.78 Å². The van der Waals surface area contributed by atoms with Crippen molar-refractivity contribution < 1.29 is 19.1 Å². The summed E-state index contributed by atoms with van der Waals surface area (Å²) in [7, 11) is 0. The number of benzene rings is 3. The number of amides is 1. The van der Waals surface area contributed by atoms with Crippen LogP contribution in [0.1, 0.15) is 10.5 Å². The van der Waals surface area contributed by atoms with Gasteiger partial charge in [-0.1, -0.05) is 54.6 Å². The molecule has 1 amide bonds. The Balaban J connectivity index is 1.31. The highest BCUT2D eigenvalue weighted by atomic mass is 32.1. The summed E-state index contributed by atoms with van der Waals surface area (Å²) in [5.41, 5.74) is 1.63. The fourth-order valence-corrected chi connectivity index (χ4v) is 3.54. The molecule has 6 nitrogen and oxygen atoms in total. The summed E-state index contributed by atoms with van der Waals surface area (Å²) in [6.07, 6.45) is 0. The molecule has 0 unspecified atom stereocenters. The van der Waals surface area contributed by atoms with Crippen molar-refractivity contribution in [2.24, 2.45) is 0 Å². The molecule has 0 fully saturated rings. The molecule has 7 heteroatoms. The Kier molecular flexibility index (Phi) is 6.35. The van der Waals surface area contributed by atoms with Crippen molar-refractivity contribution in [1.29, 1.82) is 0 Å². The number of hydrogen-bond donors (Lipinski definition) is 1. The number of rotatable bonds is 7. The van der Waals surface area contributed by atoms with E-state index in [4.69, 9.17) is 9.47 Å². The molecule has 31 heavy (non-hydrogen) atoms. The first-order valence-corrected chi connectivity index (χ1v) is 10.4. The lowest BCUT2D eigenvalue weighted by molar-refractivity contribution is -0.119. The van der Waals surface area contributed by atoms with Gasteiger partial charge in [0.25, 0.3) is 5.91 Å². The molecule has 0 atom stereocenters. The lowest BCUT2D eigenvalue weighted by Crippen LogP contribution is -2.21. The van der Waals surface area contributed by atoms with Crippen LogP contribution in [-0.2, 0) is 9.53 Å². The molecule has 0 aliphatic rings. The average Bonchev–Trinajstić information content (AvgIpc) is 3.30. The first-order chi connectivity index (χ1) is 15.2. The van der Waals surface area contributed by atoms with E-state index < -0.39 is 18.5 Å². The lowest BCUT2D eigenvalue weighted by Gasteiger charge is -2.09. The summed E-state index contributed by atoms with van der Waals surface area (Å²) in [4.78, 5) is 28.7. The molecular formula is C24H18N2O4S. The summed E-state index contributed by atoms with van der Waals surface area (Å²) < 4.78 is 10.9. The Morgan fingerprint density at radius 3 is 2.35 bits per heavy atom. The zero-order valence-corrected chi connectivity index (χ0v) is 17.2. The second kappa shape index (κ2) is 9.69. The molecule has 3 aromatic carbocycles. The third-order valence-corrected chi connectivity index (χ3v) is 5.06. The molecule has 4 rings (SSSR count). The first-order valence-electron chi connectivity index (χ1n) is 9.48. The lowest BCUT2D eigenvalue weighted by atomic mass is 10.2. The van der Waals surface area contributed by atoms with E-state index in [9.17, 15) is 9.59 Å². The third-order valence-electron chi connectivity index (χ3n) is 4.17. The van der Waals surface area contributed by atoms with Gasteiger partial charge in [-0.15, -0.1) is 11.3 Å². The molecule has 1 aromatic heterocycles. The van der Waals surface area contributed by atoms with Gasteiger partial charge in [0.2, 0.25) is 0 Å². The van der Waals surface area contributed by atoms with Crippen LogP contribution in [0, 0.1) is 0 Å². The number of nitrogens with zero attached hydrogens (tertiary/aromatic N) is 1. The fourth-order valence-electron chi connectivity index (χ4n) is 2.74. The number of aromatic nitrogens is 1. The summed E-state index contributed by atoms with van der Waals surface area (Å²) in [5, 5.41) is 5.03. The van der Waals surface area contributed by atoms with Crippen molar-refractivity contribution in [3.8, 4) is 22.1 Å². The van der Waals surface area contributed by atoms with E-state index in [1.54, 1.807) is 29.6 Å². The first kappa shape index (κ1) is 20.3. The van der Waals surface area contributed by atoms with Gasteiger partial charge in [-0.2, -0.15) is 0 Å². The van der Waals surface area contributed by atoms with Crippen molar-refractivity contribution in [1.82, 2.24) is 4.98 Å². The van der Waals surface area contributed by atoms with E-state index >= 15 is 0 Å². The summed E-state index contributed by atoms with van der Waals surface area (Å²) in [5.74, 6) is 0.174. The van der Waals surface area contributed by atoms with E-state index in [0.717, 1.165) is 5.56 Å². The number of carbonyl (C=O) groups is 2. The molecule has 0 saturated carbocycles. The van der Waals surface area contributed by atoms with Gasteiger partial charge in [0.1, 0.15) is 16.5 Å². The number of thiazole rings is 1. The van der Waals surface area contributed by atoms with Crippen molar-refractivity contribution >= 4 is 28.9 Å². The predicted octanol–water partition coefficient (Wildman–Crippen LogP) is 5.40. The van der Waals surface area contributed by atoms with Gasteiger partial charge in [0.15, 0.2) is 12.3 Å². The standard InChI is InChI=1S/C24H18N2O4S/c27-22(25-18-10-7-13-20(14-18)30-19-11-5-2-6-12-19)15-29-24(28)21-16-31-23(26-21)17-8-3-1-4-9-17/h1-14,16H,15H2,(H,25,27). The van der Waals surface area contributed by atoms with Crippen LogP contribution in [0.3, 0.4) is 0 Å². The van der Waals surface area contributed by atoms with Gasteiger partial charge in [0, 0.05) is 22.7 Å². The minimum atomic E-state index is -0.644. The Morgan fingerprint density at radius 2 is 1.58 bits per heavy atom. The molecule has 4 aromatic rings. The minimum absolute atomic E-state index is 0.176. The molecule has 0 spiro atoms. The summed E-state index contributed by atoms with van der Waals surface area (Å²) in [6.45, 7) is -0.416. The number of para-hydroxylation sites is 1. The van der Waals surface area contributed by atoms with E-state index in [0.29, 0.717) is 22.2 Å². The van der Waals surface area contributed by atoms with Crippen LogP contribution in [0.4, 0.5) is 5.69 Å². The minimum Gasteiger partial charge on any atom is -0.457 e. The van der Waals surface area contributed by atoms with E-state index in [2.05, 4.69) is 10.3 Å². The maximum absolute atomic E-state index is 12.2. The number of anilines is 1. The van der Waals surface area contributed by atoms with Gasteiger partial charge >= 0.3 is 5.97 Å². The monoisotopic (exact) mass is 430 g/mol. The molecule has 1 heterocycles. The third kappa shape index (κ3) is 5.55. The van der Waals surface area contributed by atoms with Crippen LogP contribution in [-0.4, -0.2) is 23.5 Å². The Bertz CT molecular complexity index is 1180. The highest BCUT2D eigenvalue weighted by Crippen LogP contribution is 2.25. The second-order valence-electron chi connectivity index (χ2n) is 6.47. The maximum Gasteiger partial charge on any atom is 0.358 e. The number of nitrogens with one attached hydrogen (secondary N) is 1. The number of ether oxygens (including phenoxy) is 2. The quantitative estimate of drug-likeness (QED) is 0.397. The van der Waals surface area contributed by atoms with E-state index in [1.165, 1.54) is 11.3 Å². The van der Waals surface area contributed by atoms with Crippen molar-refractivity contribution in [3.05, 3.63) is 96.0 Å². The van der Waals surface area contributed by atoms with Gasteiger partial charge in [-0.3, -0.25) is 4.79 Å². The molecule has 0 bridgehead atoms. The predicted molar refractivity (Wildman–Crippen MR) is 119 cm³/mol. The van der Waals surface area contributed by atoms with Crippen LogP contribution in [0.25, 0.3) is 10.6 Å². The molecule has 0 aliphatic heterocycles. The van der Waals surface area contributed by atoms with Crippen LogP contribution in [0.2, 0.25) is 0 Å². The van der Waals surface area contributed by atoms with E-state index in [1.807, 2.05) is 60.7 Å². The summed E-state index contributed by atoms with van der Waals surface area (Å²) in [6, 6.07) is 25.8. The van der Waals surface area contributed by atoms with Crippen LogP contribution >= 0.6 is 11.3 Å². The maximum atomic E-state index is 12.2. The topological polar surface area (TPSA) is 77.5 Å². The highest BCUT2D eigenvalue weighted by Gasteiger charge is 2.15. The Morgan fingerprint density at radius 1 is 0.871 bits per heavy atom. The number of hydrogen-bond acceptors (Lipinski definition) is 6. The van der Waals surface area contributed by atoms with Gasteiger partial charge in [0.05, 0.1) is 0 Å². The average molecular weight is 430 g/mol. The van der Waals surface area contributed by atoms with Crippen molar-refractivity contribution in [2.75, 3.05) is 11.9 Å². The molecule has 154 valence electrons. The molecule has 1 N–H and O–H groups in total. The largest absolute Gasteiger partial charge is 0.457 e. The van der Waals surface area contributed by atoms with E-state index in [-0.39, 0.29) is 5.69 Å². The summed E-state index contributed by atoms with van der Waals surface area (Å²) >= 11 is 1.34. The van der Waals surface area contributed by atoms with Crippen LogP contribution < -0.4 is 10.1 Å². The molecule has 0 aliphatic carbocycles. The van der Waals surface area contributed by atoms with Crippen LogP contribution in [0.15, 0.2) is 90.3 Å². The zero-order chi connectivity index (χ0) is 21.5. The number of carbonyl (C=O) groups excluding carboxylic acids is 2. The Labute approximate surface area is 183 Å². The highest BCUT2D eigenvalue weighted by molar-refractivity contribution is 7.13. The SMILES string of the molecule is O=C(COC(=O)c1csc(-c2ccccc2)n1)Nc1cccc(Oc2ccccc2)c1. The smallest absolute Gasteiger partial charge is 0.358 e. The molecule has 0 saturated heterocycles. The Hall–Kier alpha value is -3.97. The van der Waals surface area contributed by atoms with Crippen molar-refractivity contribution in [3.63, 3.8) is 0 Å². The second-order valence-corrected chi connectivity index (χ2v) is 7.33. The normalized spacial score (nSPS) is 10.3. The fraction of sp³-hybridized carbons (Fsp3) is 0.0417.